The van der Waals surface area contributed by atoms with Gasteiger partial charge in [0, 0.05) is 11.6 Å². The molecule has 0 fully saturated rings. The Morgan fingerprint density at radius 1 is 1.00 bits per heavy atom. The van der Waals surface area contributed by atoms with E-state index in [4.69, 9.17) is 62.7 Å². The van der Waals surface area contributed by atoms with Gasteiger partial charge in [-0.15, -0.1) is 0 Å². The molecular formula is C12H5Cl5N2O3. The first kappa shape index (κ1) is 17.4. The molecule has 0 radical (unpaired) electrons. The number of pyridine rings is 1. The molecule has 2 rings (SSSR count). The lowest BCUT2D eigenvalue weighted by molar-refractivity contribution is -0.386. The van der Waals surface area contributed by atoms with Crippen LogP contribution in [0.4, 0.5) is 5.69 Å². The van der Waals surface area contributed by atoms with Crippen LogP contribution in [0.25, 0.3) is 11.3 Å². The summed E-state index contributed by atoms with van der Waals surface area (Å²) in [6.45, 7) is 0. The molecule has 0 saturated heterocycles. The number of benzene rings is 1. The average Bonchev–Trinajstić information content (AvgIpc) is 2.50. The Labute approximate surface area is 149 Å². The Kier molecular flexibility index (Phi) is 5.25. The predicted octanol–water partition coefficient (Wildman–Crippen LogP) is 5.93. The second-order valence-corrected chi connectivity index (χ2v) is 5.82. The molecule has 0 unspecified atom stereocenters. The Morgan fingerprint density at radius 3 is 1.95 bits per heavy atom. The van der Waals surface area contributed by atoms with Gasteiger partial charge in [-0.3, -0.25) is 10.1 Å². The van der Waals surface area contributed by atoms with Gasteiger partial charge in [-0.1, -0.05) is 58.0 Å². The normalized spacial score (nSPS) is 10.6. The molecular weight excluding hydrogens is 397 g/mol. The van der Waals surface area contributed by atoms with Crippen LogP contribution in [0.5, 0.6) is 5.88 Å². The highest BCUT2D eigenvalue weighted by Crippen LogP contribution is 2.48. The summed E-state index contributed by atoms with van der Waals surface area (Å²) in [7, 11) is 1.25. The molecule has 5 nitrogen and oxygen atoms in total. The molecule has 1 aromatic carbocycles. The Bertz CT molecular complexity index is 753. The molecule has 0 amide bonds. The van der Waals surface area contributed by atoms with Crippen LogP contribution in [0.3, 0.4) is 0 Å². The van der Waals surface area contributed by atoms with E-state index in [1.807, 2.05) is 0 Å². The highest BCUT2D eigenvalue weighted by molar-refractivity contribution is 6.56. The lowest BCUT2D eigenvalue weighted by Gasteiger charge is -2.12. The average molecular weight is 402 g/mol. The van der Waals surface area contributed by atoms with E-state index in [1.165, 1.54) is 19.2 Å². The molecule has 0 spiro atoms. The summed E-state index contributed by atoms with van der Waals surface area (Å²) < 4.78 is 4.90. The van der Waals surface area contributed by atoms with Gasteiger partial charge in [0.05, 0.1) is 42.8 Å². The number of aromatic nitrogens is 1. The SMILES string of the molecule is COc1nc(-c2c(Cl)c(Cl)c(Cl)c(Cl)c2Cl)ccc1[N+](=O)[O-]. The van der Waals surface area contributed by atoms with E-state index < -0.39 is 4.92 Å². The summed E-state index contributed by atoms with van der Waals surface area (Å²) in [5, 5.41) is 11.0. The molecule has 10 heteroatoms. The summed E-state index contributed by atoms with van der Waals surface area (Å²) in [6.07, 6.45) is 0. The maximum absolute atomic E-state index is 10.9. The zero-order valence-corrected chi connectivity index (χ0v) is 14.4. The van der Waals surface area contributed by atoms with Gasteiger partial charge in [0.2, 0.25) is 0 Å². The van der Waals surface area contributed by atoms with Crippen LogP contribution in [0.2, 0.25) is 25.1 Å². The third kappa shape index (κ3) is 2.92. The van der Waals surface area contributed by atoms with Gasteiger partial charge in [0.15, 0.2) is 0 Å². The molecule has 0 N–H and O–H groups in total. The second kappa shape index (κ2) is 6.64. The van der Waals surface area contributed by atoms with Gasteiger partial charge in [-0.05, 0) is 6.07 Å². The van der Waals surface area contributed by atoms with E-state index >= 15 is 0 Å². The zero-order valence-electron chi connectivity index (χ0n) is 10.7. The van der Waals surface area contributed by atoms with Gasteiger partial charge in [0.1, 0.15) is 0 Å². The van der Waals surface area contributed by atoms with Crippen molar-refractivity contribution in [2.24, 2.45) is 0 Å². The molecule has 0 saturated carbocycles. The van der Waals surface area contributed by atoms with Crippen LogP contribution in [0.15, 0.2) is 12.1 Å². The molecule has 0 atom stereocenters. The number of rotatable bonds is 3. The Morgan fingerprint density at radius 2 is 1.50 bits per heavy atom. The predicted molar refractivity (Wildman–Crippen MR) is 87.9 cm³/mol. The van der Waals surface area contributed by atoms with Gasteiger partial charge in [0.25, 0.3) is 5.88 Å². The molecule has 1 aromatic heterocycles. The van der Waals surface area contributed by atoms with Crippen molar-refractivity contribution in [1.82, 2.24) is 4.98 Å². The highest BCUT2D eigenvalue weighted by Gasteiger charge is 2.24. The number of nitro groups is 1. The van der Waals surface area contributed by atoms with Crippen molar-refractivity contribution < 1.29 is 9.66 Å². The number of hydrogen-bond donors (Lipinski definition) is 0. The second-order valence-electron chi connectivity index (χ2n) is 3.93. The molecule has 2 aromatic rings. The lowest BCUT2D eigenvalue weighted by Crippen LogP contribution is -1.98. The molecule has 0 aliphatic rings. The monoisotopic (exact) mass is 400 g/mol. The first-order valence-corrected chi connectivity index (χ1v) is 7.39. The summed E-state index contributed by atoms with van der Waals surface area (Å²) in [5.41, 5.74) is 0.110. The molecule has 22 heavy (non-hydrogen) atoms. The number of nitrogens with zero attached hydrogens (tertiary/aromatic N) is 2. The van der Waals surface area contributed by atoms with E-state index in [2.05, 4.69) is 4.98 Å². The zero-order chi connectivity index (χ0) is 16.6. The third-order valence-corrected chi connectivity index (χ3v) is 4.97. The molecule has 0 aliphatic carbocycles. The van der Waals surface area contributed by atoms with Crippen molar-refractivity contribution in [2.75, 3.05) is 7.11 Å². The fourth-order valence-electron chi connectivity index (χ4n) is 1.69. The van der Waals surface area contributed by atoms with Gasteiger partial charge in [-0.25, -0.2) is 4.98 Å². The maximum Gasteiger partial charge on any atom is 0.330 e. The standard InChI is InChI=1S/C12H5Cl5N2O3/c1-22-12-5(19(20)21)3-2-4(18-12)6-7(13)9(15)11(17)10(16)8(6)14/h2-3H,1H3. The minimum absolute atomic E-state index is 0.00635. The van der Waals surface area contributed by atoms with Crippen molar-refractivity contribution in [2.45, 2.75) is 0 Å². The quantitative estimate of drug-likeness (QED) is 0.276. The molecule has 116 valence electrons. The smallest absolute Gasteiger partial charge is 0.330 e. The van der Waals surface area contributed by atoms with Gasteiger partial charge in [-0.2, -0.15) is 0 Å². The van der Waals surface area contributed by atoms with E-state index in [0.717, 1.165) is 0 Å². The maximum atomic E-state index is 10.9. The first-order valence-electron chi connectivity index (χ1n) is 5.50. The highest BCUT2D eigenvalue weighted by atomic mass is 35.5. The molecule has 1 heterocycles. The fraction of sp³-hybridized carbons (Fsp3) is 0.0833. The fourth-order valence-corrected chi connectivity index (χ4v) is 3.02. The van der Waals surface area contributed by atoms with Crippen molar-refractivity contribution in [3.63, 3.8) is 0 Å². The topological polar surface area (TPSA) is 65.3 Å². The molecule has 0 bridgehead atoms. The lowest BCUT2D eigenvalue weighted by atomic mass is 10.1. The van der Waals surface area contributed by atoms with Crippen LogP contribution < -0.4 is 4.74 Å². The number of halogens is 5. The minimum atomic E-state index is -0.624. The van der Waals surface area contributed by atoms with Crippen molar-refractivity contribution in [3.05, 3.63) is 47.4 Å². The van der Waals surface area contributed by atoms with Crippen molar-refractivity contribution in [3.8, 4) is 17.1 Å². The number of methoxy groups -OCH3 is 1. The van der Waals surface area contributed by atoms with E-state index in [1.54, 1.807) is 0 Å². The van der Waals surface area contributed by atoms with Crippen LogP contribution >= 0.6 is 58.0 Å². The molecule has 0 aliphatic heterocycles. The Balaban J connectivity index is 2.75. The summed E-state index contributed by atoms with van der Waals surface area (Å²) in [6, 6.07) is 2.57. The van der Waals surface area contributed by atoms with E-state index in [9.17, 15) is 10.1 Å². The largest absolute Gasteiger partial charge is 0.476 e. The number of ether oxygens (including phenoxy) is 1. The van der Waals surface area contributed by atoms with Crippen LogP contribution in [-0.2, 0) is 0 Å². The first-order chi connectivity index (χ1) is 10.3. The van der Waals surface area contributed by atoms with Crippen LogP contribution in [0.1, 0.15) is 0 Å². The minimum Gasteiger partial charge on any atom is -0.476 e. The summed E-state index contributed by atoms with van der Waals surface area (Å²) >= 11 is 30.2. The third-order valence-electron chi connectivity index (χ3n) is 2.70. The van der Waals surface area contributed by atoms with Crippen molar-refractivity contribution >= 4 is 63.7 Å². The van der Waals surface area contributed by atoms with E-state index in [-0.39, 0.29) is 47.9 Å². The van der Waals surface area contributed by atoms with Crippen LogP contribution in [0, 0.1) is 10.1 Å². The summed E-state index contributed by atoms with van der Waals surface area (Å²) in [5.74, 6) is -0.197. The van der Waals surface area contributed by atoms with Crippen molar-refractivity contribution in [1.29, 1.82) is 0 Å². The number of hydrogen-bond acceptors (Lipinski definition) is 4. The van der Waals surface area contributed by atoms with E-state index in [0.29, 0.717) is 0 Å². The van der Waals surface area contributed by atoms with Gasteiger partial charge >= 0.3 is 5.69 Å². The summed E-state index contributed by atoms with van der Waals surface area (Å²) in [4.78, 5) is 14.3. The Hall–Kier alpha value is -0.980. The van der Waals surface area contributed by atoms with Gasteiger partial charge < -0.3 is 4.74 Å². The van der Waals surface area contributed by atoms with Crippen LogP contribution in [-0.4, -0.2) is 17.0 Å².